The van der Waals surface area contributed by atoms with Crippen LogP contribution in [0.5, 0.6) is 0 Å². The first-order valence-corrected chi connectivity index (χ1v) is 5.58. The molecule has 1 fully saturated rings. The van der Waals surface area contributed by atoms with Crippen LogP contribution in [0, 0.1) is 5.92 Å². The molecule has 0 aromatic heterocycles. The molecule has 94 valence electrons. The zero-order valence-corrected chi connectivity index (χ0v) is 10.5. The van der Waals surface area contributed by atoms with Crippen LogP contribution >= 0.6 is 11.6 Å². The molecule has 0 saturated carbocycles. The van der Waals surface area contributed by atoms with Crippen LogP contribution in [-0.2, 0) is 18.9 Å². The number of hydrogen-bond donors (Lipinski definition) is 0. The second-order valence-corrected chi connectivity index (χ2v) is 4.72. The van der Waals surface area contributed by atoms with Crippen LogP contribution in [-0.4, -0.2) is 37.3 Å². The van der Waals surface area contributed by atoms with Crippen LogP contribution < -0.4 is 0 Å². The van der Waals surface area contributed by atoms with E-state index in [0.717, 1.165) is 0 Å². The summed E-state index contributed by atoms with van der Waals surface area (Å²) in [5, 5.41) is 0. The number of alkyl halides is 1. The SMILES string of the molecule is CC(Cl)OC(=O)OCC1COC(C)(C)OC1. The van der Waals surface area contributed by atoms with Crippen molar-refractivity contribution in [1.29, 1.82) is 0 Å². The predicted molar refractivity (Wildman–Crippen MR) is 57.2 cm³/mol. The highest BCUT2D eigenvalue weighted by atomic mass is 35.5. The van der Waals surface area contributed by atoms with E-state index >= 15 is 0 Å². The van der Waals surface area contributed by atoms with Gasteiger partial charge in [0.15, 0.2) is 11.4 Å². The Hall–Kier alpha value is -0.520. The summed E-state index contributed by atoms with van der Waals surface area (Å²) in [6.07, 6.45) is -0.771. The third-order valence-corrected chi connectivity index (χ3v) is 2.12. The highest BCUT2D eigenvalue weighted by Crippen LogP contribution is 2.20. The number of hydrogen-bond acceptors (Lipinski definition) is 5. The Balaban J connectivity index is 2.17. The van der Waals surface area contributed by atoms with E-state index in [0.29, 0.717) is 13.2 Å². The zero-order valence-electron chi connectivity index (χ0n) is 9.70. The Morgan fingerprint density at radius 2 is 2.06 bits per heavy atom. The van der Waals surface area contributed by atoms with Gasteiger partial charge < -0.3 is 18.9 Å². The van der Waals surface area contributed by atoms with Gasteiger partial charge in [0, 0.05) is 5.92 Å². The maximum Gasteiger partial charge on any atom is 0.509 e. The van der Waals surface area contributed by atoms with Crippen LogP contribution in [0.25, 0.3) is 0 Å². The van der Waals surface area contributed by atoms with Crippen LogP contribution in [0.3, 0.4) is 0 Å². The lowest BCUT2D eigenvalue weighted by Crippen LogP contribution is -2.41. The van der Waals surface area contributed by atoms with E-state index in [1.165, 1.54) is 6.92 Å². The van der Waals surface area contributed by atoms with Gasteiger partial charge >= 0.3 is 6.16 Å². The lowest BCUT2D eigenvalue weighted by Gasteiger charge is -2.34. The summed E-state index contributed by atoms with van der Waals surface area (Å²) < 4.78 is 20.3. The molecule has 0 amide bonds. The van der Waals surface area contributed by atoms with E-state index in [1.54, 1.807) is 0 Å². The Labute approximate surface area is 99.9 Å². The largest absolute Gasteiger partial charge is 0.509 e. The minimum Gasteiger partial charge on any atom is -0.434 e. The number of ether oxygens (including phenoxy) is 4. The van der Waals surface area contributed by atoms with Gasteiger partial charge in [-0.1, -0.05) is 11.6 Å². The monoisotopic (exact) mass is 252 g/mol. The maximum atomic E-state index is 11.0. The third-order valence-electron chi connectivity index (χ3n) is 2.03. The molecule has 5 nitrogen and oxygen atoms in total. The van der Waals surface area contributed by atoms with Crippen molar-refractivity contribution in [3.8, 4) is 0 Å². The molecule has 1 heterocycles. The Kier molecular flexibility index (Phi) is 4.83. The van der Waals surface area contributed by atoms with Crippen molar-refractivity contribution in [2.75, 3.05) is 19.8 Å². The molecule has 0 aromatic rings. The van der Waals surface area contributed by atoms with Crippen molar-refractivity contribution < 1.29 is 23.7 Å². The molecule has 1 aliphatic rings. The fourth-order valence-corrected chi connectivity index (χ4v) is 1.25. The first-order valence-electron chi connectivity index (χ1n) is 5.14. The molecule has 0 radical (unpaired) electrons. The molecule has 1 aliphatic heterocycles. The lowest BCUT2D eigenvalue weighted by molar-refractivity contribution is -0.265. The van der Waals surface area contributed by atoms with Gasteiger partial charge in [-0.15, -0.1) is 0 Å². The van der Waals surface area contributed by atoms with E-state index in [-0.39, 0.29) is 12.5 Å². The van der Waals surface area contributed by atoms with Gasteiger partial charge in [-0.05, 0) is 20.8 Å². The van der Waals surface area contributed by atoms with Gasteiger partial charge in [-0.2, -0.15) is 0 Å². The van der Waals surface area contributed by atoms with Crippen LogP contribution in [0.2, 0.25) is 0 Å². The minimum atomic E-state index is -0.771. The lowest BCUT2D eigenvalue weighted by atomic mass is 10.1. The average molecular weight is 253 g/mol. The Morgan fingerprint density at radius 3 is 2.56 bits per heavy atom. The molecule has 0 bridgehead atoms. The Morgan fingerprint density at radius 1 is 1.50 bits per heavy atom. The standard InChI is InChI=1S/C10H17ClO5/c1-7(11)16-9(12)13-4-8-5-14-10(2,3)15-6-8/h7-8H,4-6H2,1-3H3. The molecule has 6 heteroatoms. The number of halogens is 1. The van der Waals surface area contributed by atoms with Crippen molar-refractivity contribution in [2.24, 2.45) is 5.92 Å². The van der Waals surface area contributed by atoms with Gasteiger partial charge in [-0.3, -0.25) is 0 Å². The average Bonchev–Trinajstić information content (AvgIpc) is 2.15. The molecular weight excluding hydrogens is 236 g/mol. The summed E-state index contributed by atoms with van der Waals surface area (Å²) in [5.41, 5.74) is -0.690. The molecule has 1 rings (SSSR count). The van der Waals surface area contributed by atoms with Crippen molar-refractivity contribution in [3.63, 3.8) is 0 Å². The maximum absolute atomic E-state index is 11.0. The van der Waals surface area contributed by atoms with E-state index < -0.39 is 17.5 Å². The predicted octanol–water partition coefficient (Wildman–Crippen LogP) is 2.12. The number of rotatable bonds is 3. The van der Waals surface area contributed by atoms with Crippen molar-refractivity contribution >= 4 is 17.8 Å². The summed E-state index contributed by atoms with van der Waals surface area (Å²) in [7, 11) is 0. The molecule has 0 spiro atoms. The van der Waals surface area contributed by atoms with Gasteiger partial charge in [-0.25, -0.2) is 4.79 Å². The second kappa shape index (κ2) is 5.70. The molecule has 1 unspecified atom stereocenters. The van der Waals surface area contributed by atoms with Gasteiger partial charge in [0.1, 0.15) is 6.61 Å². The van der Waals surface area contributed by atoms with Crippen LogP contribution in [0.15, 0.2) is 0 Å². The normalized spacial score (nSPS) is 22.5. The minimum absolute atomic E-state index is 0.0335. The molecular formula is C10H17ClO5. The zero-order chi connectivity index (χ0) is 12.2. The molecule has 0 N–H and O–H groups in total. The first kappa shape index (κ1) is 13.5. The van der Waals surface area contributed by atoms with E-state index in [9.17, 15) is 4.79 Å². The van der Waals surface area contributed by atoms with Gasteiger partial charge in [0.05, 0.1) is 13.2 Å². The highest BCUT2D eigenvalue weighted by Gasteiger charge is 2.29. The van der Waals surface area contributed by atoms with E-state index in [1.807, 2.05) is 13.8 Å². The molecule has 16 heavy (non-hydrogen) atoms. The smallest absolute Gasteiger partial charge is 0.434 e. The first-order chi connectivity index (χ1) is 7.39. The van der Waals surface area contributed by atoms with Crippen LogP contribution in [0.4, 0.5) is 4.79 Å². The number of carbonyl (C=O) groups excluding carboxylic acids is 1. The highest BCUT2D eigenvalue weighted by molar-refractivity contribution is 6.19. The fraction of sp³-hybridized carbons (Fsp3) is 0.900. The fourth-order valence-electron chi connectivity index (χ4n) is 1.18. The molecule has 1 saturated heterocycles. The number of carbonyl (C=O) groups is 1. The van der Waals surface area contributed by atoms with E-state index in [2.05, 4.69) is 4.74 Å². The third kappa shape index (κ3) is 5.01. The summed E-state index contributed by atoms with van der Waals surface area (Å²) in [4.78, 5) is 11.0. The second-order valence-electron chi connectivity index (χ2n) is 4.11. The van der Waals surface area contributed by atoms with Crippen molar-refractivity contribution in [3.05, 3.63) is 0 Å². The van der Waals surface area contributed by atoms with Gasteiger partial charge in [0.25, 0.3) is 0 Å². The Bertz CT molecular complexity index is 231. The topological polar surface area (TPSA) is 54.0 Å². The van der Waals surface area contributed by atoms with E-state index in [4.69, 9.17) is 25.8 Å². The summed E-state index contributed by atoms with van der Waals surface area (Å²) >= 11 is 5.46. The molecule has 0 aliphatic carbocycles. The summed E-state index contributed by atoms with van der Waals surface area (Å²) in [6.45, 7) is 6.42. The molecule has 0 aromatic carbocycles. The van der Waals surface area contributed by atoms with Crippen molar-refractivity contribution in [1.82, 2.24) is 0 Å². The summed E-state index contributed by atoms with van der Waals surface area (Å²) in [5.74, 6) is -0.520. The summed E-state index contributed by atoms with van der Waals surface area (Å²) in [6, 6.07) is 0. The molecule has 1 atom stereocenters. The quantitative estimate of drug-likeness (QED) is 0.569. The van der Waals surface area contributed by atoms with Gasteiger partial charge in [0.2, 0.25) is 0 Å². The van der Waals surface area contributed by atoms with Crippen LogP contribution in [0.1, 0.15) is 20.8 Å². The van der Waals surface area contributed by atoms with Crippen molar-refractivity contribution in [2.45, 2.75) is 32.1 Å².